The minimum Gasteiger partial charge on any atom is -0.453 e. The molecule has 1 aliphatic heterocycles. The van der Waals surface area contributed by atoms with Crippen molar-refractivity contribution in [3.63, 3.8) is 0 Å². The summed E-state index contributed by atoms with van der Waals surface area (Å²) in [6.07, 6.45) is 4.65. The quantitative estimate of drug-likeness (QED) is 0.448. The Morgan fingerprint density at radius 2 is 2.09 bits per heavy atom. The zero-order chi connectivity index (χ0) is 23.8. The average molecular weight is 459 g/mol. The summed E-state index contributed by atoms with van der Waals surface area (Å²) in [5, 5.41) is 8.51. The van der Waals surface area contributed by atoms with E-state index in [0.717, 1.165) is 24.0 Å². The number of carbonyl (C=O) groups excluding carboxylic acids is 1. The smallest absolute Gasteiger partial charge is 0.409 e. The molecule has 9 nitrogen and oxygen atoms in total. The third-order valence-corrected chi connectivity index (χ3v) is 6.24. The van der Waals surface area contributed by atoms with Gasteiger partial charge in [0.25, 0.3) is 0 Å². The molecule has 3 N–H and O–H groups in total. The number of aromatic nitrogens is 4. The van der Waals surface area contributed by atoms with Crippen LogP contribution in [-0.2, 0) is 11.3 Å². The molecule has 172 valence electrons. The summed E-state index contributed by atoms with van der Waals surface area (Å²) in [6.45, 7) is 1.66. The molecule has 1 fully saturated rings. The average Bonchev–Trinajstić information content (AvgIpc) is 3.28. The molecule has 0 unspecified atom stereocenters. The van der Waals surface area contributed by atoms with Gasteiger partial charge in [-0.05, 0) is 42.6 Å². The maximum absolute atomic E-state index is 13.7. The van der Waals surface area contributed by atoms with E-state index in [9.17, 15) is 9.18 Å². The van der Waals surface area contributed by atoms with E-state index in [2.05, 4.69) is 15.4 Å². The fourth-order valence-corrected chi connectivity index (χ4v) is 4.30. The van der Waals surface area contributed by atoms with Crippen molar-refractivity contribution in [2.24, 2.45) is 0 Å². The third kappa shape index (κ3) is 4.03. The number of nitrogens with one attached hydrogen (secondary N) is 1. The van der Waals surface area contributed by atoms with Crippen LogP contribution in [0.3, 0.4) is 0 Å². The lowest BCUT2D eigenvalue weighted by molar-refractivity contribution is 0.109. The summed E-state index contributed by atoms with van der Waals surface area (Å²) in [7, 11) is 7.66. The van der Waals surface area contributed by atoms with E-state index in [1.165, 1.54) is 23.8 Å². The number of nitrogens with zero attached hydrogens (tertiary/aromatic N) is 5. The van der Waals surface area contributed by atoms with Crippen LogP contribution in [-0.4, -0.2) is 64.7 Å². The summed E-state index contributed by atoms with van der Waals surface area (Å²) in [5.74, 6) is -0.0272. The first-order valence-corrected chi connectivity index (χ1v) is 11.0. The molecular weight excluding hydrogens is 436 g/mol. The van der Waals surface area contributed by atoms with Crippen molar-refractivity contribution in [3.8, 4) is 11.1 Å². The zero-order valence-electron chi connectivity index (χ0n) is 18.7. The van der Waals surface area contributed by atoms with Gasteiger partial charge in [0.2, 0.25) is 0 Å². The number of fused-ring (bicyclic) bond motifs is 2. The molecule has 1 aromatic carbocycles. The molecular formula is C23H23BFN7O2. The van der Waals surface area contributed by atoms with Gasteiger partial charge < -0.3 is 20.7 Å². The van der Waals surface area contributed by atoms with Gasteiger partial charge in [-0.3, -0.25) is 4.98 Å². The van der Waals surface area contributed by atoms with E-state index < -0.39 is 0 Å². The number of amides is 1. The third-order valence-electron chi connectivity index (χ3n) is 6.24. The Bertz CT molecular complexity index is 1390. The van der Waals surface area contributed by atoms with Crippen LogP contribution in [0.4, 0.5) is 15.0 Å². The maximum atomic E-state index is 13.7. The van der Waals surface area contributed by atoms with Gasteiger partial charge in [0.1, 0.15) is 19.5 Å². The highest BCUT2D eigenvalue weighted by Gasteiger charge is 2.23. The number of anilines is 1. The largest absolute Gasteiger partial charge is 0.453 e. The van der Waals surface area contributed by atoms with Crippen LogP contribution in [0.25, 0.3) is 27.7 Å². The summed E-state index contributed by atoms with van der Waals surface area (Å²) in [6, 6.07) is 6.53. The van der Waals surface area contributed by atoms with Crippen molar-refractivity contribution in [3.05, 3.63) is 48.2 Å². The number of nitrogens with two attached hydrogens (primary N) is 1. The van der Waals surface area contributed by atoms with Crippen molar-refractivity contribution in [2.45, 2.75) is 25.4 Å². The summed E-state index contributed by atoms with van der Waals surface area (Å²) in [4.78, 5) is 22.6. The lowest BCUT2D eigenvalue weighted by atomic mass is 9.93. The van der Waals surface area contributed by atoms with E-state index in [4.69, 9.17) is 23.3 Å². The Labute approximate surface area is 196 Å². The fraction of sp³-hybridized carbons (Fsp3) is 0.304. The molecule has 4 heterocycles. The van der Waals surface area contributed by atoms with Crippen LogP contribution in [0.5, 0.6) is 0 Å². The number of hydrogen-bond donors (Lipinski definition) is 2. The summed E-state index contributed by atoms with van der Waals surface area (Å²) < 4.78 is 20.0. The molecule has 1 saturated heterocycles. The van der Waals surface area contributed by atoms with Crippen LogP contribution >= 0.6 is 0 Å². The van der Waals surface area contributed by atoms with Crippen molar-refractivity contribution >= 4 is 41.8 Å². The predicted molar refractivity (Wildman–Crippen MR) is 127 cm³/mol. The highest BCUT2D eigenvalue weighted by molar-refractivity contribution is 6.36. The number of ether oxygens (including phenoxy) is 1. The van der Waals surface area contributed by atoms with E-state index in [0.29, 0.717) is 53.2 Å². The van der Waals surface area contributed by atoms with Gasteiger partial charge in [-0.25, -0.2) is 14.2 Å². The van der Waals surface area contributed by atoms with Gasteiger partial charge in [-0.2, -0.15) is 9.61 Å². The molecule has 5 rings (SSSR count). The fourth-order valence-electron chi connectivity index (χ4n) is 4.30. The van der Waals surface area contributed by atoms with E-state index >= 15 is 0 Å². The number of hydrogen-bond acceptors (Lipinski definition) is 7. The maximum Gasteiger partial charge on any atom is 0.409 e. The van der Waals surface area contributed by atoms with Gasteiger partial charge in [-0.1, -0.05) is 0 Å². The van der Waals surface area contributed by atoms with Gasteiger partial charge >= 0.3 is 6.09 Å². The molecule has 0 saturated carbocycles. The van der Waals surface area contributed by atoms with E-state index in [-0.39, 0.29) is 18.0 Å². The molecule has 2 radical (unpaired) electrons. The number of methoxy groups -OCH3 is 1. The lowest BCUT2D eigenvalue weighted by Gasteiger charge is -2.31. The Kier molecular flexibility index (Phi) is 5.78. The molecule has 1 amide bonds. The number of benzene rings is 1. The van der Waals surface area contributed by atoms with Crippen LogP contribution in [0.15, 0.2) is 36.7 Å². The normalized spacial score (nSPS) is 14.7. The Balaban J connectivity index is 1.41. The minimum absolute atomic E-state index is 0.212. The molecule has 3 aromatic heterocycles. The molecule has 0 spiro atoms. The molecule has 34 heavy (non-hydrogen) atoms. The zero-order valence-corrected chi connectivity index (χ0v) is 18.7. The van der Waals surface area contributed by atoms with Crippen LogP contribution in [0, 0.1) is 5.82 Å². The highest BCUT2D eigenvalue weighted by atomic mass is 19.1. The number of halogens is 1. The van der Waals surface area contributed by atoms with Crippen molar-refractivity contribution in [1.82, 2.24) is 29.8 Å². The number of carbonyl (C=O) groups is 1. The number of likely N-dealkylation sites (tertiary alicyclic amines) is 1. The lowest BCUT2D eigenvalue weighted by Crippen LogP contribution is -2.45. The molecule has 11 heteroatoms. The highest BCUT2D eigenvalue weighted by Crippen LogP contribution is 2.27. The number of rotatable bonds is 4. The SMILES string of the molecule is [B]c1c(CNC2CCN(C(=O)OC)CC2)nc2c(-c3cnc4ccc(F)cc4c3)cnn2c1N. The van der Waals surface area contributed by atoms with E-state index in [1.807, 2.05) is 6.07 Å². The molecule has 4 aromatic rings. The molecule has 0 aliphatic carbocycles. The van der Waals surface area contributed by atoms with Gasteiger partial charge in [0, 0.05) is 48.4 Å². The van der Waals surface area contributed by atoms with Crippen LogP contribution in [0.2, 0.25) is 0 Å². The number of nitrogen functional groups attached to an aromatic ring is 1. The second-order valence-electron chi connectivity index (χ2n) is 8.32. The topological polar surface area (TPSA) is 111 Å². The first-order valence-electron chi connectivity index (χ1n) is 11.0. The standard InChI is InChI=1S/C23H23BFN7O2/c1-34-23(33)31-6-4-16(5-7-31)27-12-19-20(24)21(26)32-22(30-19)17(11-29-32)14-8-13-9-15(25)2-3-18(13)28-10-14/h2-3,8-11,16,27H,4-7,12,26H2,1H3. The monoisotopic (exact) mass is 459 g/mol. The van der Waals surface area contributed by atoms with Crippen molar-refractivity contribution in [1.29, 1.82) is 0 Å². The van der Waals surface area contributed by atoms with Gasteiger partial charge in [-0.15, -0.1) is 0 Å². The Hall–Kier alpha value is -3.73. The second-order valence-corrected chi connectivity index (χ2v) is 8.32. The summed E-state index contributed by atoms with van der Waals surface area (Å²) in [5.41, 5.74) is 9.96. The Morgan fingerprint density at radius 1 is 1.29 bits per heavy atom. The molecule has 0 bridgehead atoms. The van der Waals surface area contributed by atoms with Crippen molar-refractivity contribution < 1.29 is 13.9 Å². The van der Waals surface area contributed by atoms with Crippen LogP contribution < -0.4 is 16.5 Å². The van der Waals surface area contributed by atoms with Crippen molar-refractivity contribution in [2.75, 3.05) is 25.9 Å². The van der Waals surface area contributed by atoms with Crippen LogP contribution in [0.1, 0.15) is 18.5 Å². The van der Waals surface area contributed by atoms with E-state index in [1.54, 1.807) is 23.4 Å². The van der Waals surface area contributed by atoms with Gasteiger partial charge in [0.05, 0.1) is 24.5 Å². The molecule has 1 aliphatic rings. The summed E-state index contributed by atoms with van der Waals surface area (Å²) >= 11 is 0. The Morgan fingerprint density at radius 3 is 2.85 bits per heavy atom. The molecule has 0 atom stereocenters. The van der Waals surface area contributed by atoms with Gasteiger partial charge in [0.15, 0.2) is 5.65 Å². The minimum atomic E-state index is -0.327. The first kappa shape index (κ1) is 22.1. The second kappa shape index (κ2) is 8.90. The predicted octanol–water partition coefficient (Wildman–Crippen LogP) is 1.78. The number of piperidine rings is 1. The first-order chi connectivity index (χ1) is 16.4. The number of pyridine rings is 1.